The maximum Gasteiger partial charge on any atom is 0.270 e. The summed E-state index contributed by atoms with van der Waals surface area (Å²) in [7, 11) is 0. The van der Waals surface area contributed by atoms with Gasteiger partial charge in [0.2, 0.25) is 0 Å². The highest BCUT2D eigenvalue weighted by Gasteiger charge is 2.15. The third-order valence-corrected chi connectivity index (χ3v) is 3.70. The predicted octanol–water partition coefficient (Wildman–Crippen LogP) is 6.14. The Hall–Kier alpha value is -2.23. The number of nitrogens with zero attached hydrogens (tertiary/aromatic N) is 1. The van der Waals surface area contributed by atoms with Crippen molar-refractivity contribution in [3.63, 3.8) is 0 Å². The second kappa shape index (κ2) is 19.1. The van der Waals surface area contributed by atoms with Gasteiger partial charge in [-0.25, -0.2) is 0 Å². The van der Waals surface area contributed by atoms with Crippen molar-refractivity contribution >= 4 is 6.29 Å². The van der Waals surface area contributed by atoms with Crippen LogP contribution >= 0.6 is 0 Å². The normalized spacial score (nSPS) is 13.7. The average Bonchev–Trinajstić information content (AvgIpc) is 2.63. The van der Waals surface area contributed by atoms with Crippen molar-refractivity contribution in [1.29, 1.82) is 0 Å². The molecule has 1 unspecified atom stereocenters. The Morgan fingerprint density at radius 3 is 1.65 bits per heavy atom. The number of unbranched alkanes of at least 4 members (excludes halogenated alkanes) is 3. The van der Waals surface area contributed by atoms with Gasteiger partial charge in [0.15, 0.2) is 6.29 Å². The molecule has 0 aliphatic rings. The quantitative estimate of drug-likeness (QED) is 0.109. The van der Waals surface area contributed by atoms with Gasteiger partial charge in [0, 0.05) is 11.3 Å². The Kier molecular flexibility index (Phi) is 17.5. The average molecular weight is 360 g/mol. The Morgan fingerprint density at radius 1 is 0.769 bits per heavy atom. The summed E-state index contributed by atoms with van der Waals surface area (Å²) in [5.41, 5.74) is 0. The zero-order chi connectivity index (χ0) is 19.3. The van der Waals surface area contributed by atoms with Crippen molar-refractivity contribution in [1.82, 2.24) is 0 Å². The van der Waals surface area contributed by atoms with Gasteiger partial charge in [-0.1, -0.05) is 80.5 Å². The summed E-state index contributed by atoms with van der Waals surface area (Å²) in [5, 5.41) is 10.5. The van der Waals surface area contributed by atoms with E-state index in [2.05, 4.69) is 49.5 Å². The van der Waals surface area contributed by atoms with E-state index < -0.39 is 11.0 Å². The summed E-state index contributed by atoms with van der Waals surface area (Å²) in [5.74, 6) is 0. The van der Waals surface area contributed by atoms with Gasteiger partial charge in [-0.05, 0) is 38.5 Å². The highest BCUT2D eigenvalue weighted by atomic mass is 16.6. The van der Waals surface area contributed by atoms with E-state index in [0.29, 0.717) is 6.29 Å². The van der Waals surface area contributed by atoms with Crippen LogP contribution in [0, 0.1) is 10.1 Å². The van der Waals surface area contributed by atoms with Crippen molar-refractivity contribution in [2.75, 3.05) is 0 Å². The first-order chi connectivity index (χ1) is 12.7. The molecule has 0 bridgehead atoms. The molecular weight excluding hydrogens is 326 g/mol. The van der Waals surface area contributed by atoms with Crippen molar-refractivity contribution in [2.45, 2.75) is 70.8 Å². The lowest BCUT2D eigenvalue weighted by molar-refractivity contribution is -0.504. The van der Waals surface area contributed by atoms with Crippen LogP contribution in [0.5, 0.6) is 0 Å². The van der Waals surface area contributed by atoms with Crippen molar-refractivity contribution < 1.29 is 9.72 Å². The molecule has 0 amide bonds. The molecule has 144 valence electrons. The van der Waals surface area contributed by atoms with Crippen LogP contribution < -0.4 is 0 Å². The zero-order valence-corrected chi connectivity index (χ0v) is 16.0. The molecular formula is C22H33NO3. The molecule has 0 spiro atoms. The van der Waals surface area contributed by atoms with E-state index in [9.17, 15) is 14.9 Å². The summed E-state index contributed by atoms with van der Waals surface area (Å²) in [6.07, 6.45) is 29.9. The number of carbonyl (C=O) groups is 1. The fourth-order valence-corrected chi connectivity index (χ4v) is 2.14. The van der Waals surface area contributed by atoms with Gasteiger partial charge in [-0.15, -0.1) is 0 Å². The van der Waals surface area contributed by atoms with Crippen LogP contribution in [0.4, 0.5) is 0 Å². The number of nitro groups is 1. The largest absolute Gasteiger partial charge is 0.296 e. The number of rotatable bonds is 16. The van der Waals surface area contributed by atoms with Crippen LogP contribution in [0.25, 0.3) is 0 Å². The Labute approximate surface area is 158 Å². The van der Waals surface area contributed by atoms with Crippen LogP contribution in [0.3, 0.4) is 0 Å². The van der Waals surface area contributed by atoms with Gasteiger partial charge in [-0.3, -0.25) is 14.9 Å². The monoisotopic (exact) mass is 359 g/mol. The van der Waals surface area contributed by atoms with Crippen LogP contribution in [0.15, 0.2) is 60.8 Å². The Bertz CT molecular complexity index is 502. The minimum Gasteiger partial charge on any atom is -0.296 e. The molecule has 0 N–H and O–H groups in total. The fraction of sp³-hybridized carbons (Fsp3) is 0.500. The summed E-state index contributed by atoms with van der Waals surface area (Å²) in [6, 6.07) is -1.12. The zero-order valence-electron chi connectivity index (χ0n) is 16.0. The molecule has 0 heterocycles. The van der Waals surface area contributed by atoms with Gasteiger partial charge in [0.1, 0.15) is 0 Å². The van der Waals surface area contributed by atoms with E-state index in [1.165, 1.54) is 25.7 Å². The summed E-state index contributed by atoms with van der Waals surface area (Å²) in [4.78, 5) is 20.4. The highest BCUT2D eigenvalue weighted by Crippen LogP contribution is 2.01. The standard InChI is InChI=1S/C22H33NO3/c1-2-3-4-5-6-7-8-9-10-11-12-13-14-15-16-17-18-19-20-22(21-24)23(25)26/h6-7,9-10,12-13,15-16,18-19,21-22H,2-5,8,11,14,17,20H2,1H3/b7-6+,10-9+,13-12+,16-15+,19-18+. The number of hydrogen-bond donors (Lipinski definition) is 0. The minimum absolute atomic E-state index is 0.157. The Balaban J connectivity index is 3.62. The van der Waals surface area contributed by atoms with E-state index in [4.69, 9.17) is 0 Å². The first kappa shape index (κ1) is 23.8. The summed E-state index contributed by atoms with van der Waals surface area (Å²) < 4.78 is 0. The topological polar surface area (TPSA) is 60.2 Å². The number of allylic oxidation sites excluding steroid dienone is 9. The number of carbonyl (C=O) groups excluding carboxylic acids is 1. The lowest BCUT2D eigenvalue weighted by atomic mass is 10.2. The summed E-state index contributed by atoms with van der Waals surface area (Å²) >= 11 is 0. The van der Waals surface area contributed by atoms with Gasteiger partial charge in [0.25, 0.3) is 6.04 Å². The van der Waals surface area contributed by atoms with E-state index in [0.717, 1.165) is 25.7 Å². The third-order valence-electron chi connectivity index (χ3n) is 3.70. The van der Waals surface area contributed by atoms with Gasteiger partial charge in [-0.2, -0.15) is 0 Å². The molecule has 1 atom stereocenters. The molecule has 4 nitrogen and oxygen atoms in total. The molecule has 0 aliphatic carbocycles. The van der Waals surface area contributed by atoms with E-state index >= 15 is 0 Å². The molecule has 0 rings (SSSR count). The van der Waals surface area contributed by atoms with E-state index in [1.54, 1.807) is 6.08 Å². The fourth-order valence-electron chi connectivity index (χ4n) is 2.14. The molecule has 0 aromatic carbocycles. The molecule has 4 heteroatoms. The second-order valence-corrected chi connectivity index (χ2v) is 6.02. The predicted molar refractivity (Wildman–Crippen MR) is 110 cm³/mol. The molecule has 26 heavy (non-hydrogen) atoms. The lowest BCUT2D eigenvalue weighted by Gasteiger charge is -1.96. The van der Waals surface area contributed by atoms with Crippen LogP contribution in [-0.2, 0) is 4.79 Å². The molecule has 0 aromatic rings. The molecule has 0 radical (unpaired) electrons. The van der Waals surface area contributed by atoms with Gasteiger partial charge >= 0.3 is 0 Å². The highest BCUT2D eigenvalue weighted by molar-refractivity contribution is 5.55. The maximum atomic E-state index is 10.5. The molecule has 0 saturated heterocycles. The van der Waals surface area contributed by atoms with Crippen LogP contribution in [-0.4, -0.2) is 17.3 Å². The molecule has 0 fully saturated rings. The third kappa shape index (κ3) is 16.6. The molecule has 0 aliphatic heterocycles. The second-order valence-electron chi connectivity index (χ2n) is 6.02. The van der Waals surface area contributed by atoms with Crippen molar-refractivity contribution in [3.05, 3.63) is 70.9 Å². The first-order valence-corrected chi connectivity index (χ1v) is 9.56. The van der Waals surface area contributed by atoms with Crippen LogP contribution in [0.1, 0.15) is 64.7 Å². The van der Waals surface area contributed by atoms with E-state index in [-0.39, 0.29) is 6.42 Å². The Morgan fingerprint density at radius 2 is 1.23 bits per heavy atom. The van der Waals surface area contributed by atoms with Gasteiger partial charge in [0.05, 0.1) is 0 Å². The first-order valence-electron chi connectivity index (χ1n) is 9.56. The van der Waals surface area contributed by atoms with Crippen molar-refractivity contribution in [2.24, 2.45) is 0 Å². The van der Waals surface area contributed by atoms with Crippen molar-refractivity contribution in [3.8, 4) is 0 Å². The summed E-state index contributed by atoms with van der Waals surface area (Å²) in [6.45, 7) is 2.22. The number of hydrogen-bond acceptors (Lipinski definition) is 3. The smallest absolute Gasteiger partial charge is 0.270 e. The number of aldehydes is 1. The lowest BCUT2D eigenvalue weighted by Crippen LogP contribution is -2.19. The molecule has 0 aromatic heterocycles. The minimum atomic E-state index is -1.12. The SMILES string of the molecule is CCCCC/C=C/C/C=C/C/C=C/C/C=C/C/C=C/CC(C=O)[N+](=O)[O-]. The molecule has 0 saturated carbocycles. The van der Waals surface area contributed by atoms with Gasteiger partial charge < -0.3 is 0 Å². The maximum absolute atomic E-state index is 10.5. The van der Waals surface area contributed by atoms with Crippen LogP contribution in [0.2, 0.25) is 0 Å². The van der Waals surface area contributed by atoms with E-state index in [1.807, 2.05) is 12.2 Å².